The van der Waals surface area contributed by atoms with Crippen LogP contribution in [0.5, 0.6) is 0 Å². The van der Waals surface area contributed by atoms with E-state index in [-0.39, 0.29) is 0 Å². The number of aliphatic hydroxyl groups is 1. The van der Waals surface area contributed by atoms with Crippen molar-refractivity contribution in [1.82, 2.24) is 14.8 Å². The molecule has 0 amide bonds. The molecule has 0 aliphatic rings. The Morgan fingerprint density at radius 1 is 1.30 bits per heavy atom. The molecule has 0 spiro atoms. The van der Waals surface area contributed by atoms with Crippen LogP contribution in [0.2, 0.25) is 5.02 Å². The first kappa shape index (κ1) is 13.1. The maximum Gasteiger partial charge on any atom is 0.124 e. The highest BCUT2D eigenvalue weighted by atomic mass is 35.5. The van der Waals surface area contributed by atoms with Gasteiger partial charge in [-0.3, -0.25) is 9.67 Å². The van der Waals surface area contributed by atoms with Crippen LogP contribution >= 0.6 is 11.6 Å². The SMILES string of the molecule is CCn1ncc(Cl)c1C(O)c1cccc2cccnc12. The van der Waals surface area contributed by atoms with Gasteiger partial charge >= 0.3 is 0 Å². The number of hydrogen-bond donors (Lipinski definition) is 1. The van der Waals surface area contributed by atoms with E-state index in [2.05, 4.69) is 10.1 Å². The van der Waals surface area contributed by atoms with Crippen molar-refractivity contribution in [2.45, 2.75) is 19.6 Å². The van der Waals surface area contributed by atoms with Gasteiger partial charge in [-0.15, -0.1) is 0 Å². The second-order valence-corrected chi connectivity index (χ2v) is 4.93. The van der Waals surface area contributed by atoms with E-state index >= 15 is 0 Å². The van der Waals surface area contributed by atoms with Gasteiger partial charge in [0.15, 0.2) is 0 Å². The maximum atomic E-state index is 10.7. The minimum absolute atomic E-state index is 0.465. The lowest BCUT2D eigenvalue weighted by atomic mass is 10.0. The van der Waals surface area contributed by atoms with E-state index < -0.39 is 6.10 Å². The number of aryl methyl sites for hydroxylation is 1. The smallest absolute Gasteiger partial charge is 0.124 e. The summed E-state index contributed by atoms with van der Waals surface area (Å²) in [5.74, 6) is 0. The molecule has 0 aliphatic heterocycles. The highest BCUT2D eigenvalue weighted by Crippen LogP contribution is 2.31. The van der Waals surface area contributed by atoms with Crippen molar-refractivity contribution in [3.05, 3.63) is 59.0 Å². The molecule has 5 heteroatoms. The first-order valence-corrected chi connectivity index (χ1v) is 6.83. The predicted molar refractivity (Wildman–Crippen MR) is 78.7 cm³/mol. The van der Waals surface area contributed by atoms with Crippen molar-refractivity contribution in [3.63, 3.8) is 0 Å². The second kappa shape index (κ2) is 5.23. The third kappa shape index (κ3) is 2.07. The first-order chi connectivity index (χ1) is 9.72. The molecule has 0 saturated carbocycles. The summed E-state index contributed by atoms with van der Waals surface area (Å²) in [6, 6.07) is 9.59. The van der Waals surface area contributed by atoms with Crippen molar-refractivity contribution in [1.29, 1.82) is 0 Å². The Kier molecular flexibility index (Phi) is 3.42. The van der Waals surface area contributed by atoms with Crippen LogP contribution in [0.4, 0.5) is 0 Å². The van der Waals surface area contributed by atoms with Gasteiger partial charge < -0.3 is 5.11 Å². The summed E-state index contributed by atoms with van der Waals surface area (Å²) in [5, 5.41) is 16.3. The third-order valence-electron chi connectivity index (χ3n) is 3.35. The number of rotatable bonds is 3. The van der Waals surface area contributed by atoms with Crippen LogP contribution in [0.1, 0.15) is 24.3 Å². The van der Waals surface area contributed by atoms with Gasteiger partial charge in [0.05, 0.1) is 22.4 Å². The number of aromatic nitrogens is 3. The minimum Gasteiger partial charge on any atom is -0.382 e. The Labute approximate surface area is 121 Å². The minimum atomic E-state index is -0.844. The molecule has 1 unspecified atom stereocenters. The number of pyridine rings is 1. The lowest BCUT2D eigenvalue weighted by Gasteiger charge is -2.15. The second-order valence-electron chi connectivity index (χ2n) is 4.52. The lowest BCUT2D eigenvalue weighted by molar-refractivity contribution is 0.209. The fourth-order valence-corrected chi connectivity index (χ4v) is 2.64. The molecule has 0 aliphatic carbocycles. The summed E-state index contributed by atoms with van der Waals surface area (Å²) in [6.07, 6.45) is 2.43. The highest BCUT2D eigenvalue weighted by Gasteiger charge is 2.21. The van der Waals surface area contributed by atoms with Gasteiger partial charge in [-0.05, 0) is 13.0 Å². The molecule has 102 valence electrons. The molecule has 20 heavy (non-hydrogen) atoms. The zero-order chi connectivity index (χ0) is 14.1. The summed E-state index contributed by atoms with van der Waals surface area (Å²) in [6.45, 7) is 2.61. The molecule has 1 N–H and O–H groups in total. The Bertz CT molecular complexity index is 748. The van der Waals surface area contributed by atoms with Gasteiger partial charge in [0.25, 0.3) is 0 Å². The van der Waals surface area contributed by atoms with Gasteiger partial charge in [0, 0.05) is 23.7 Å². The summed E-state index contributed by atoms with van der Waals surface area (Å²) in [5.41, 5.74) is 2.12. The number of hydrogen-bond acceptors (Lipinski definition) is 3. The molecule has 2 heterocycles. The van der Waals surface area contributed by atoms with Crippen molar-refractivity contribution >= 4 is 22.5 Å². The largest absolute Gasteiger partial charge is 0.382 e. The van der Waals surface area contributed by atoms with Gasteiger partial charge in [-0.2, -0.15) is 5.10 Å². The number of benzene rings is 1. The molecule has 0 fully saturated rings. The number of para-hydroxylation sites is 1. The van der Waals surface area contributed by atoms with E-state index in [1.165, 1.54) is 0 Å². The van der Waals surface area contributed by atoms with Crippen molar-refractivity contribution < 1.29 is 5.11 Å². The molecule has 0 bridgehead atoms. The van der Waals surface area contributed by atoms with Crippen molar-refractivity contribution in [3.8, 4) is 0 Å². The molecule has 0 saturated heterocycles. The predicted octanol–water partition coefficient (Wildman–Crippen LogP) is 3.19. The van der Waals surface area contributed by atoms with Gasteiger partial charge in [0.1, 0.15) is 6.10 Å². The Morgan fingerprint density at radius 2 is 2.10 bits per heavy atom. The number of halogens is 1. The number of nitrogens with zero attached hydrogens (tertiary/aromatic N) is 3. The van der Waals surface area contributed by atoms with E-state index in [0.29, 0.717) is 17.3 Å². The van der Waals surface area contributed by atoms with Crippen LogP contribution in [0.3, 0.4) is 0 Å². The zero-order valence-electron chi connectivity index (χ0n) is 11.0. The normalized spacial score (nSPS) is 12.8. The fraction of sp³-hybridized carbons (Fsp3) is 0.200. The highest BCUT2D eigenvalue weighted by molar-refractivity contribution is 6.31. The van der Waals surface area contributed by atoms with Crippen LogP contribution in [0.15, 0.2) is 42.7 Å². The topological polar surface area (TPSA) is 50.9 Å². The van der Waals surface area contributed by atoms with E-state index in [1.807, 2.05) is 37.3 Å². The quantitative estimate of drug-likeness (QED) is 0.805. The van der Waals surface area contributed by atoms with E-state index in [0.717, 1.165) is 16.5 Å². The lowest BCUT2D eigenvalue weighted by Crippen LogP contribution is -2.10. The van der Waals surface area contributed by atoms with Crippen LogP contribution in [-0.4, -0.2) is 19.9 Å². The molecule has 1 aromatic carbocycles. The van der Waals surface area contributed by atoms with Gasteiger partial charge in [-0.1, -0.05) is 35.9 Å². The van der Waals surface area contributed by atoms with Crippen molar-refractivity contribution in [2.75, 3.05) is 0 Å². The van der Waals surface area contributed by atoms with Crippen LogP contribution in [0.25, 0.3) is 10.9 Å². The van der Waals surface area contributed by atoms with E-state index in [4.69, 9.17) is 11.6 Å². The number of aliphatic hydroxyl groups excluding tert-OH is 1. The monoisotopic (exact) mass is 287 g/mol. The van der Waals surface area contributed by atoms with Gasteiger partial charge in [-0.25, -0.2) is 0 Å². The molecule has 3 aromatic rings. The molecule has 4 nitrogen and oxygen atoms in total. The maximum absolute atomic E-state index is 10.7. The van der Waals surface area contributed by atoms with Crippen LogP contribution in [-0.2, 0) is 6.54 Å². The average Bonchev–Trinajstić information content (AvgIpc) is 2.87. The Balaban J connectivity index is 2.17. The molecule has 2 aromatic heterocycles. The van der Waals surface area contributed by atoms with Crippen molar-refractivity contribution in [2.24, 2.45) is 0 Å². The summed E-state index contributed by atoms with van der Waals surface area (Å²) < 4.78 is 1.70. The number of fused-ring (bicyclic) bond motifs is 1. The van der Waals surface area contributed by atoms with Crippen LogP contribution in [0, 0.1) is 0 Å². The van der Waals surface area contributed by atoms with Crippen LogP contribution < -0.4 is 0 Å². The summed E-state index contributed by atoms with van der Waals surface area (Å²) in [4.78, 5) is 4.36. The average molecular weight is 288 g/mol. The molecule has 0 radical (unpaired) electrons. The van der Waals surface area contributed by atoms with E-state index in [1.54, 1.807) is 17.1 Å². The Hall–Kier alpha value is -1.91. The summed E-state index contributed by atoms with van der Waals surface area (Å²) in [7, 11) is 0. The molecular weight excluding hydrogens is 274 g/mol. The van der Waals surface area contributed by atoms with Gasteiger partial charge in [0.2, 0.25) is 0 Å². The summed E-state index contributed by atoms with van der Waals surface area (Å²) >= 11 is 6.16. The van der Waals surface area contributed by atoms with E-state index in [9.17, 15) is 5.11 Å². The molecule has 3 rings (SSSR count). The third-order valence-corrected chi connectivity index (χ3v) is 3.64. The molecule has 1 atom stereocenters. The fourth-order valence-electron chi connectivity index (χ4n) is 2.39. The molecular formula is C15H14ClN3O. The zero-order valence-corrected chi connectivity index (χ0v) is 11.7. The Morgan fingerprint density at radius 3 is 2.90 bits per heavy atom. The standard InChI is InChI=1S/C15H14ClN3O/c1-2-19-14(12(16)9-18-19)15(20)11-7-3-5-10-6-4-8-17-13(10)11/h3-9,15,20H,2H2,1H3. The first-order valence-electron chi connectivity index (χ1n) is 6.45.